The fourth-order valence-electron chi connectivity index (χ4n) is 2.39. The zero-order valence-corrected chi connectivity index (χ0v) is 13.6. The molecule has 0 saturated carbocycles. The molecule has 0 aliphatic carbocycles. The lowest BCUT2D eigenvalue weighted by Gasteiger charge is -2.08. The van der Waals surface area contributed by atoms with Crippen molar-refractivity contribution in [3.8, 4) is 11.6 Å². The second kappa shape index (κ2) is 5.74. The minimum Gasteiger partial charge on any atom is -0.479 e. The summed E-state index contributed by atoms with van der Waals surface area (Å²) in [5, 5.41) is 9.65. The molecule has 0 amide bonds. The van der Waals surface area contributed by atoms with E-state index in [1.165, 1.54) is 42.1 Å². The number of sulfonamides is 1. The smallest absolute Gasteiger partial charge is 0.416 e. The Morgan fingerprint density at radius 2 is 1.76 bits per heavy atom. The van der Waals surface area contributed by atoms with Crippen LogP contribution in [0.4, 0.5) is 13.2 Å². The molecule has 1 aromatic heterocycles. The average molecular weight is 371 g/mol. The van der Waals surface area contributed by atoms with E-state index in [4.69, 9.17) is 9.88 Å². The molecule has 0 saturated heterocycles. The van der Waals surface area contributed by atoms with Gasteiger partial charge in [-0.15, -0.1) is 5.10 Å². The van der Waals surface area contributed by atoms with Gasteiger partial charge >= 0.3 is 6.18 Å². The Balaban J connectivity index is 2.17. The van der Waals surface area contributed by atoms with Gasteiger partial charge in [0.25, 0.3) is 0 Å². The van der Waals surface area contributed by atoms with E-state index >= 15 is 0 Å². The third kappa shape index (κ3) is 3.17. The number of alkyl halides is 3. The maximum absolute atomic E-state index is 12.7. The zero-order valence-electron chi connectivity index (χ0n) is 12.8. The number of methoxy groups -OCH3 is 1. The molecule has 132 valence electrons. The van der Waals surface area contributed by atoms with Gasteiger partial charge in [-0.1, -0.05) is 0 Å². The standard InChI is InChI=1S/C15H12F3N3O3S/c1-24-14-12-8-11(25(19,22)23)6-7-13(12)21(20-14)10-4-2-9(3-5-10)15(16,17)18/h2-8H,1H3,(H2,19,22,23). The van der Waals surface area contributed by atoms with Crippen LogP contribution < -0.4 is 9.88 Å². The maximum atomic E-state index is 12.7. The van der Waals surface area contributed by atoms with Crippen LogP contribution in [0.15, 0.2) is 47.4 Å². The Morgan fingerprint density at radius 3 is 2.28 bits per heavy atom. The normalized spacial score (nSPS) is 12.5. The van der Waals surface area contributed by atoms with E-state index in [0.29, 0.717) is 16.6 Å². The summed E-state index contributed by atoms with van der Waals surface area (Å²) in [7, 11) is -2.56. The largest absolute Gasteiger partial charge is 0.479 e. The van der Waals surface area contributed by atoms with Crippen LogP contribution in [0.25, 0.3) is 16.6 Å². The first-order chi connectivity index (χ1) is 11.6. The van der Waals surface area contributed by atoms with Crippen molar-refractivity contribution in [2.75, 3.05) is 7.11 Å². The summed E-state index contributed by atoms with van der Waals surface area (Å²) < 4.78 is 67.5. The van der Waals surface area contributed by atoms with Crippen molar-refractivity contribution in [2.45, 2.75) is 11.1 Å². The number of hydrogen-bond donors (Lipinski definition) is 1. The fraction of sp³-hybridized carbons (Fsp3) is 0.133. The second-order valence-electron chi connectivity index (χ2n) is 5.19. The topological polar surface area (TPSA) is 87.2 Å². The molecule has 0 aliphatic rings. The average Bonchev–Trinajstić information content (AvgIpc) is 2.91. The monoisotopic (exact) mass is 371 g/mol. The number of rotatable bonds is 3. The first-order valence-electron chi connectivity index (χ1n) is 6.88. The van der Waals surface area contributed by atoms with Crippen molar-refractivity contribution in [1.29, 1.82) is 0 Å². The summed E-state index contributed by atoms with van der Waals surface area (Å²) in [4.78, 5) is -0.120. The van der Waals surface area contributed by atoms with Gasteiger partial charge in [0.2, 0.25) is 15.9 Å². The molecule has 3 aromatic rings. The third-order valence-electron chi connectivity index (χ3n) is 3.58. The van der Waals surface area contributed by atoms with Crippen molar-refractivity contribution in [3.63, 3.8) is 0 Å². The SMILES string of the molecule is COc1nn(-c2ccc(C(F)(F)F)cc2)c2ccc(S(N)(=O)=O)cc12. The van der Waals surface area contributed by atoms with Crippen molar-refractivity contribution in [1.82, 2.24) is 9.78 Å². The molecule has 0 fully saturated rings. The predicted octanol–water partition coefficient (Wildman–Crippen LogP) is 2.70. The second-order valence-corrected chi connectivity index (χ2v) is 6.75. The van der Waals surface area contributed by atoms with E-state index in [0.717, 1.165) is 12.1 Å². The summed E-state index contributed by atoms with van der Waals surface area (Å²) >= 11 is 0. The molecule has 0 unspecified atom stereocenters. The minimum atomic E-state index is -4.44. The van der Waals surface area contributed by atoms with E-state index in [2.05, 4.69) is 5.10 Å². The van der Waals surface area contributed by atoms with Gasteiger partial charge in [-0.25, -0.2) is 18.2 Å². The Labute approximate surface area is 140 Å². The fourth-order valence-corrected chi connectivity index (χ4v) is 2.93. The molecule has 3 rings (SSSR count). The number of aromatic nitrogens is 2. The zero-order chi connectivity index (χ0) is 18.4. The number of primary sulfonamides is 1. The molecule has 2 N–H and O–H groups in total. The van der Waals surface area contributed by atoms with Crippen LogP contribution in [-0.4, -0.2) is 25.3 Å². The van der Waals surface area contributed by atoms with E-state index < -0.39 is 21.8 Å². The number of nitrogens with two attached hydrogens (primary N) is 1. The number of ether oxygens (including phenoxy) is 1. The Hall–Kier alpha value is -2.59. The summed E-state index contributed by atoms with van der Waals surface area (Å²) in [6, 6.07) is 8.46. The molecule has 0 atom stereocenters. The number of nitrogens with zero attached hydrogens (tertiary/aromatic N) is 2. The molecule has 0 aliphatic heterocycles. The molecule has 2 aromatic carbocycles. The Kier molecular flexibility index (Phi) is 3.96. The van der Waals surface area contributed by atoms with Gasteiger partial charge in [0.1, 0.15) is 0 Å². The first kappa shape index (κ1) is 17.2. The van der Waals surface area contributed by atoms with E-state index in [-0.39, 0.29) is 10.8 Å². The predicted molar refractivity (Wildman–Crippen MR) is 84.0 cm³/mol. The maximum Gasteiger partial charge on any atom is 0.416 e. The van der Waals surface area contributed by atoms with Crippen LogP contribution >= 0.6 is 0 Å². The van der Waals surface area contributed by atoms with Crippen LogP contribution in [0.1, 0.15) is 5.56 Å². The number of fused-ring (bicyclic) bond motifs is 1. The van der Waals surface area contributed by atoms with E-state index in [9.17, 15) is 21.6 Å². The van der Waals surface area contributed by atoms with Gasteiger partial charge in [0, 0.05) is 0 Å². The van der Waals surface area contributed by atoms with Gasteiger partial charge in [-0.3, -0.25) is 0 Å². The molecular weight excluding hydrogens is 359 g/mol. The number of halogens is 3. The highest BCUT2D eigenvalue weighted by atomic mass is 32.2. The molecule has 10 heteroatoms. The van der Waals surface area contributed by atoms with Crippen molar-refractivity contribution in [2.24, 2.45) is 5.14 Å². The molecule has 25 heavy (non-hydrogen) atoms. The Morgan fingerprint density at radius 1 is 1.12 bits per heavy atom. The van der Waals surface area contributed by atoms with Crippen LogP contribution in [0.2, 0.25) is 0 Å². The molecule has 1 heterocycles. The number of hydrogen-bond acceptors (Lipinski definition) is 4. The van der Waals surface area contributed by atoms with E-state index in [1.807, 2.05) is 0 Å². The third-order valence-corrected chi connectivity index (χ3v) is 4.49. The molecule has 0 spiro atoms. The lowest BCUT2D eigenvalue weighted by Crippen LogP contribution is -2.11. The Bertz CT molecular complexity index is 1040. The highest BCUT2D eigenvalue weighted by molar-refractivity contribution is 7.89. The van der Waals surface area contributed by atoms with Gasteiger partial charge in [0.15, 0.2) is 0 Å². The first-order valence-corrected chi connectivity index (χ1v) is 8.43. The number of benzene rings is 2. The summed E-state index contributed by atoms with van der Waals surface area (Å²) in [5.41, 5.74) is 0.0462. The summed E-state index contributed by atoms with van der Waals surface area (Å²) in [6.07, 6.45) is -4.44. The lowest BCUT2D eigenvalue weighted by atomic mass is 10.2. The molecule has 6 nitrogen and oxygen atoms in total. The van der Waals surface area contributed by atoms with Crippen LogP contribution in [0, 0.1) is 0 Å². The molecular formula is C15H12F3N3O3S. The van der Waals surface area contributed by atoms with Crippen molar-refractivity contribution in [3.05, 3.63) is 48.0 Å². The summed E-state index contributed by atoms with van der Waals surface area (Å²) in [5.74, 6) is 0.125. The van der Waals surface area contributed by atoms with Gasteiger partial charge in [-0.2, -0.15) is 13.2 Å². The lowest BCUT2D eigenvalue weighted by molar-refractivity contribution is -0.137. The highest BCUT2D eigenvalue weighted by Crippen LogP contribution is 2.32. The van der Waals surface area contributed by atoms with Gasteiger partial charge < -0.3 is 4.74 Å². The van der Waals surface area contributed by atoms with Crippen molar-refractivity contribution >= 4 is 20.9 Å². The quantitative estimate of drug-likeness (QED) is 0.767. The van der Waals surface area contributed by atoms with Gasteiger partial charge in [0.05, 0.1) is 34.2 Å². The molecule has 0 bridgehead atoms. The van der Waals surface area contributed by atoms with Crippen molar-refractivity contribution < 1.29 is 26.3 Å². The van der Waals surface area contributed by atoms with Gasteiger partial charge in [-0.05, 0) is 42.5 Å². The van der Waals surface area contributed by atoms with Crippen LogP contribution in [-0.2, 0) is 16.2 Å². The van der Waals surface area contributed by atoms with Crippen LogP contribution in [0.5, 0.6) is 5.88 Å². The van der Waals surface area contributed by atoms with E-state index in [1.54, 1.807) is 0 Å². The highest BCUT2D eigenvalue weighted by Gasteiger charge is 2.30. The van der Waals surface area contributed by atoms with Crippen LogP contribution in [0.3, 0.4) is 0 Å². The molecule has 0 radical (unpaired) electrons. The summed E-state index contributed by atoms with van der Waals surface area (Å²) in [6.45, 7) is 0. The minimum absolute atomic E-state index is 0.120.